The number of thiophene rings is 1. The van der Waals surface area contributed by atoms with Gasteiger partial charge in [-0.25, -0.2) is 0 Å². The predicted octanol–water partition coefficient (Wildman–Crippen LogP) is 14.1. The molecule has 0 aliphatic rings. The maximum absolute atomic E-state index is 6.66. The summed E-state index contributed by atoms with van der Waals surface area (Å²) in [4.78, 5) is 2.34. The minimum Gasteiger partial charge on any atom is -0.456 e. The van der Waals surface area contributed by atoms with Crippen LogP contribution in [0.4, 0.5) is 17.1 Å². The van der Waals surface area contributed by atoms with Crippen LogP contribution < -0.4 is 4.90 Å². The van der Waals surface area contributed by atoms with Gasteiger partial charge >= 0.3 is 0 Å². The van der Waals surface area contributed by atoms with Crippen LogP contribution in [0.15, 0.2) is 173 Å². The second-order valence-corrected chi connectivity index (χ2v) is 13.9. The van der Waals surface area contributed by atoms with Gasteiger partial charge in [-0.1, -0.05) is 103 Å². The standard InChI is InChI=1S/C46H27NO2S/c1-2-10-28(11-3-1)29-18-20-30(21-19-29)47(32-22-24-34-33-12-4-7-15-39(33)48-41(34)27-32)31-23-25-35-38(26-31)46-44(37-14-6-9-17-42(37)50-46)45-43(35)36-13-5-8-16-40(36)49-45/h1-27H. The van der Waals surface area contributed by atoms with Crippen LogP contribution in [0.5, 0.6) is 0 Å². The lowest BCUT2D eigenvalue weighted by Gasteiger charge is -2.26. The van der Waals surface area contributed by atoms with E-state index in [9.17, 15) is 0 Å². The molecular weight excluding hydrogens is 631 g/mol. The number of para-hydroxylation sites is 2. The summed E-state index contributed by atoms with van der Waals surface area (Å²) in [6, 6.07) is 58.2. The highest BCUT2D eigenvalue weighted by atomic mass is 32.1. The van der Waals surface area contributed by atoms with Gasteiger partial charge in [0, 0.05) is 70.2 Å². The van der Waals surface area contributed by atoms with Crippen LogP contribution in [0.25, 0.3) is 85.9 Å². The first kappa shape index (κ1) is 27.6. The molecule has 0 aliphatic heterocycles. The van der Waals surface area contributed by atoms with Crippen molar-refractivity contribution in [3.8, 4) is 11.1 Å². The molecule has 0 saturated carbocycles. The van der Waals surface area contributed by atoms with Crippen molar-refractivity contribution in [2.45, 2.75) is 0 Å². The number of rotatable bonds is 4. The van der Waals surface area contributed by atoms with Crippen molar-refractivity contribution in [3.05, 3.63) is 164 Å². The molecule has 3 heterocycles. The van der Waals surface area contributed by atoms with E-state index in [-0.39, 0.29) is 0 Å². The van der Waals surface area contributed by atoms with Crippen LogP contribution in [-0.2, 0) is 0 Å². The Morgan fingerprint density at radius 1 is 0.380 bits per heavy atom. The SMILES string of the molecule is c1ccc(-c2ccc(N(c3ccc4c(c3)oc3ccccc34)c3ccc4c(c3)c3sc5ccccc5c3c3oc5ccccc5c43)cc2)cc1. The fourth-order valence-corrected chi connectivity index (χ4v) is 8.99. The zero-order valence-electron chi connectivity index (χ0n) is 26.8. The molecule has 0 N–H and O–H groups in total. The van der Waals surface area contributed by atoms with Crippen LogP contribution >= 0.6 is 11.3 Å². The molecular formula is C46H27NO2S. The van der Waals surface area contributed by atoms with Crippen molar-refractivity contribution in [2.75, 3.05) is 4.90 Å². The van der Waals surface area contributed by atoms with E-state index >= 15 is 0 Å². The van der Waals surface area contributed by atoms with Gasteiger partial charge in [0.2, 0.25) is 0 Å². The Bertz CT molecular complexity index is 3090. The molecule has 4 heteroatoms. The third-order valence-corrected chi connectivity index (χ3v) is 11.3. The second kappa shape index (κ2) is 10.6. The largest absolute Gasteiger partial charge is 0.456 e. The highest BCUT2D eigenvalue weighted by Gasteiger charge is 2.22. The van der Waals surface area contributed by atoms with Crippen LogP contribution in [-0.4, -0.2) is 0 Å². The van der Waals surface area contributed by atoms with Crippen molar-refractivity contribution in [1.82, 2.24) is 0 Å². The Labute approximate surface area is 290 Å². The first-order valence-electron chi connectivity index (χ1n) is 16.8. The smallest absolute Gasteiger partial charge is 0.145 e. The van der Waals surface area contributed by atoms with Crippen molar-refractivity contribution in [2.24, 2.45) is 0 Å². The lowest BCUT2D eigenvalue weighted by molar-refractivity contribution is 0.669. The van der Waals surface area contributed by atoms with Gasteiger partial charge in [0.05, 0.1) is 0 Å². The molecule has 3 nitrogen and oxygen atoms in total. The number of hydrogen-bond donors (Lipinski definition) is 0. The topological polar surface area (TPSA) is 29.5 Å². The Balaban J connectivity index is 1.19. The van der Waals surface area contributed by atoms with Crippen LogP contribution in [0, 0.1) is 0 Å². The summed E-state index contributed by atoms with van der Waals surface area (Å²) in [5, 5.41) is 9.37. The molecule has 0 spiro atoms. The minimum atomic E-state index is 0.869. The van der Waals surface area contributed by atoms with Gasteiger partial charge in [-0.2, -0.15) is 0 Å². The zero-order valence-corrected chi connectivity index (χ0v) is 27.6. The molecule has 0 radical (unpaired) electrons. The number of nitrogens with zero attached hydrogens (tertiary/aromatic N) is 1. The Hall–Kier alpha value is -6.36. The molecule has 0 unspecified atom stereocenters. The first-order chi connectivity index (χ1) is 24.8. The van der Waals surface area contributed by atoms with Gasteiger partial charge in [-0.05, 0) is 71.1 Å². The quantitative estimate of drug-likeness (QED) is 0.189. The zero-order chi connectivity index (χ0) is 32.8. The van der Waals surface area contributed by atoms with Gasteiger partial charge in [0.15, 0.2) is 0 Å². The minimum absolute atomic E-state index is 0.869. The number of benzene rings is 8. The monoisotopic (exact) mass is 657 g/mol. The number of furan rings is 2. The van der Waals surface area contributed by atoms with Gasteiger partial charge in [-0.3, -0.25) is 0 Å². The van der Waals surface area contributed by atoms with Gasteiger partial charge in [0.25, 0.3) is 0 Å². The van der Waals surface area contributed by atoms with Crippen molar-refractivity contribution < 1.29 is 8.83 Å². The highest BCUT2D eigenvalue weighted by Crippen LogP contribution is 2.49. The summed E-state index contributed by atoms with van der Waals surface area (Å²) < 4.78 is 15.5. The maximum atomic E-state index is 6.66. The fourth-order valence-electron chi connectivity index (χ4n) is 7.76. The highest BCUT2D eigenvalue weighted by molar-refractivity contribution is 7.27. The van der Waals surface area contributed by atoms with Crippen molar-refractivity contribution in [1.29, 1.82) is 0 Å². The summed E-state index contributed by atoms with van der Waals surface area (Å²) in [7, 11) is 0. The third kappa shape index (κ3) is 4.03. The summed E-state index contributed by atoms with van der Waals surface area (Å²) in [5.74, 6) is 0. The Morgan fingerprint density at radius 2 is 0.980 bits per heavy atom. The van der Waals surface area contributed by atoms with Crippen LogP contribution in [0.3, 0.4) is 0 Å². The molecule has 0 saturated heterocycles. The van der Waals surface area contributed by atoms with E-state index in [4.69, 9.17) is 8.83 Å². The van der Waals surface area contributed by atoms with Gasteiger partial charge < -0.3 is 13.7 Å². The predicted molar refractivity (Wildman–Crippen MR) is 212 cm³/mol. The maximum Gasteiger partial charge on any atom is 0.145 e. The summed E-state index contributed by atoms with van der Waals surface area (Å²) in [5.41, 5.74) is 9.20. The Morgan fingerprint density at radius 3 is 1.80 bits per heavy atom. The van der Waals surface area contributed by atoms with Crippen LogP contribution in [0.1, 0.15) is 0 Å². The van der Waals surface area contributed by atoms with E-state index in [1.807, 2.05) is 29.5 Å². The summed E-state index contributed by atoms with van der Waals surface area (Å²) >= 11 is 1.84. The van der Waals surface area contributed by atoms with Gasteiger partial charge in [0.1, 0.15) is 22.3 Å². The second-order valence-electron chi connectivity index (χ2n) is 12.9. The molecule has 0 atom stereocenters. The molecule has 0 aliphatic carbocycles. The summed E-state index contributed by atoms with van der Waals surface area (Å²) in [6.07, 6.45) is 0. The van der Waals surface area contributed by atoms with Crippen molar-refractivity contribution in [3.63, 3.8) is 0 Å². The number of fused-ring (bicyclic) bond motifs is 13. The molecule has 11 rings (SSSR count). The number of anilines is 3. The molecule has 0 fully saturated rings. The fraction of sp³-hybridized carbons (Fsp3) is 0. The van der Waals surface area contributed by atoms with E-state index in [0.717, 1.165) is 55.6 Å². The molecule has 0 amide bonds. The van der Waals surface area contributed by atoms with E-state index in [2.05, 4.69) is 150 Å². The van der Waals surface area contributed by atoms with Gasteiger partial charge in [-0.15, -0.1) is 11.3 Å². The van der Waals surface area contributed by atoms with E-state index in [0.29, 0.717) is 0 Å². The third-order valence-electron chi connectivity index (χ3n) is 10.0. The van der Waals surface area contributed by atoms with E-state index in [1.54, 1.807) is 0 Å². The van der Waals surface area contributed by atoms with Crippen LogP contribution in [0.2, 0.25) is 0 Å². The molecule has 8 aromatic carbocycles. The first-order valence-corrected chi connectivity index (χ1v) is 17.7. The van der Waals surface area contributed by atoms with E-state index < -0.39 is 0 Å². The molecule has 3 aromatic heterocycles. The lowest BCUT2D eigenvalue weighted by Crippen LogP contribution is -2.09. The molecule has 50 heavy (non-hydrogen) atoms. The summed E-state index contributed by atoms with van der Waals surface area (Å²) in [6.45, 7) is 0. The number of hydrogen-bond acceptors (Lipinski definition) is 4. The molecule has 234 valence electrons. The van der Waals surface area contributed by atoms with E-state index in [1.165, 1.54) is 47.5 Å². The lowest BCUT2D eigenvalue weighted by atomic mass is 9.99. The molecule has 0 bridgehead atoms. The molecule has 11 aromatic rings. The average Bonchev–Trinajstić information content (AvgIpc) is 3.87. The average molecular weight is 658 g/mol. The normalized spacial score (nSPS) is 12.0. The Kier molecular flexibility index (Phi) is 5.83. The van der Waals surface area contributed by atoms with Crippen molar-refractivity contribution >= 4 is 103 Å².